The maximum Gasteiger partial charge on any atom is 0.416 e. The van der Waals surface area contributed by atoms with Crippen LogP contribution in [-0.2, 0) is 28.4 Å². The molecular formula is C13H13F6NO2. The van der Waals surface area contributed by atoms with E-state index in [0.717, 1.165) is 0 Å². The van der Waals surface area contributed by atoms with Crippen molar-refractivity contribution in [1.82, 2.24) is 5.32 Å². The van der Waals surface area contributed by atoms with Crippen molar-refractivity contribution in [1.29, 1.82) is 0 Å². The van der Waals surface area contributed by atoms with E-state index < -0.39 is 29.8 Å². The van der Waals surface area contributed by atoms with Crippen LogP contribution in [0.4, 0.5) is 26.3 Å². The number of ether oxygens (including phenoxy) is 2. The third-order valence-electron chi connectivity index (χ3n) is 2.97. The number of nitrogens with one attached hydrogen (secondary N) is 1. The molecule has 0 bridgehead atoms. The Morgan fingerprint density at radius 3 is 1.86 bits per heavy atom. The smallest absolute Gasteiger partial charge is 0.323 e. The Morgan fingerprint density at radius 2 is 1.45 bits per heavy atom. The molecule has 3 nitrogen and oxygen atoms in total. The summed E-state index contributed by atoms with van der Waals surface area (Å²) in [5, 5.41) is 2.70. The number of halogens is 6. The molecule has 1 aromatic carbocycles. The fourth-order valence-corrected chi connectivity index (χ4v) is 1.99. The summed E-state index contributed by atoms with van der Waals surface area (Å²) in [6.07, 6.45) is -10.6. The first-order valence-corrected chi connectivity index (χ1v) is 6.36. The normalized spacial score (nSPS) is 22.5. The first-order chi connectivity index (χ1) is 10.1. The Bertz CT molecular complexity index is 490. The molecule has 1 N–H and O–H groups in total. The molecule has 9 heteroatoms. The molecule has 0 unspecified atom stereocenters. The molecule has 1 aliphatic heterocycles. The zero-order chi connectivity index (χ0) is 16.5. The van der Waals surface area contributed by atoms with Gasteiger partial charge in [-0.15, -0.1) is 0 Å². The molecule has 0 spiro atoms. The molecule has 1 aliphatic rings. The van der Waals surface area contributed by atoms with Gasteiger partial charge in [0.25, 0.3) is 0 Å². The molecule has 1 heterocycles. The van der Waals surface area contributed by atoms with Crippen LogP contribution in [0.2, 0.25) is 0 Å². The van der Waals surface area contributed by atoms with E-state index in [9.17, 15) is 26.3 Å². The molecule has 0 saturated carbocycles. The summed E-state index contributed by atoms with van der Waals surface area (Å²) in [6.45, 7) is 1.67. The zero-order valence-electron chi connectivity index (χ0n) is 11.4. The van der Waals surface area contributed by atoms with Crippen LogP contribution in [0.1, 0.15) is 23.6 Å². The third kappa shape index (κ3) is 4.34. The molecule has 2 rings (SSSR count). The SMILES string of the molecule is CC1OC(CNCc2cc(C(F)(F)F)cc(C(F)(F)F)c2)O1. The van der Waals surface area contributed by atoms with E-state index in [0.29, 0.717) is 12.1 Å². The predicted molar refractivity (Wildman–Crippen MR) is 63.6 cm³/mol. The second kappa shape index (κ2) is 6.05. The summed E-state index contributed by atoms with van der Waals surface area (Å²) in [4.78, 5) is 0. The molecule has 0 aromatic heterocycles. The summed E-state index contributed by atoms with van der Waals surface area (Å²) in [5.74, 6) is 0. The topological polar surface area (TPSA) is 30.5 Å². The van der Waals surface area contributed by atoms with Crippen molar-refractivity contribution in [2.75, 3.05) is 6.54 Å². The standard InChI is InChI=1S/C13H13F6NO2/c1-7-21-11(22-7)6-20-5-8-2-9(12(14,15)16)4-10(3-8)13(17,18)19/h2-4,7,11,20H,5-6H2,1H3. The van der Waals surface area contributed by atoms with Crippen molar-refractivity contribution in [3.63, 3.8) is 0 Å². The fraction of sp³-hybridized carbons (Fsp3) is 0.538. The minimum Gasteiger partial charge on any atom is -0.323 e. The highest BCUT2D eigenvalue weighted by atomic mass is 19.4. The number of benzene rings is 1. The van der Waals surface area contributed by atoms with Crippen LogP contribution in [0, 0.1) is 0 Å². The molecule has 22 heavy (non-hydrogen) atoms. The Hall–Kier alpha value is -1.32. The van der Waals surface area contributed by atoms with Gasteiger partial charge in [0.2, 0.25) is 0 Å². The van der Waals surface area contributed by atoms with Crippen molar-refractivity contribution >= 4 is 0 Å². The van der Waals surface area contributed by atoms with Crippen LogP contribution in [0.25, 0.3) is 0 Å². The summed E-state index contributed by atoms with van der Waals surface area (Å²) in [7, 11) is 0. The van der Waals surface area contributed by atoms with Gasteiger partial charge in [0.15, 0.2) is 12.6 Å². The molecule has 0 radical (unpaired) electrons. The zero-order valence-corrected chi connectivity index (χ0v) is 11.4. The van der Waals surface area contributed by atoms with Gasteiger partial charge in [0, 0.05) is 13.1 Å². The Balaban J connectivity index is 2.08. The summed E-state index contributed by atoms with van der Waals surface area (Å²) in [6, 6.07) is 1.48. The van der Waals surface area contributed by atoms with Crippen molar-refractivity contribution in [2.24, 2.45) is 0 Å². The lowest BCUT2D eigenvalue weighted by molar-refractivity contribution is -0.372. The van der Waals surface area contributed by atoms with E-state index in [-0.39, 0.29) is 31.0 Å². The largest absolute Gasteiger partial charge is 0.416 e. The van der Waals surface area contributed by atoms with Gasteiger partial charge in [-0.25, -0.2) is 0 Å². The van der Waals surface area contributed by atoms with Crippen molar-refractivity contribution in [2.45, 2.75) is 38.4 Å². The minimum atomic E-state index is -4.84. The second-order valence-corrected chi connectivity index (χ2v) is 4.81. The average Bonchev–Trinajstić information content (AvgIpc) is 2.34. The van der Waals surface area contributed by atoms with E-state index in [1.165, 1.54) is 0 Å². The summed E-state index contributed by atoms with van der Waals surface area (Å²) < 4.78 is 86.2. The Kier molecular flexibility index (Phi) is 4.69. The van der Waals surface area contributed by atoms with Crippen LogP contribution in [0.5, 0.6) is 0 Å². The third-order valence-corrected chi connectivity index (χ3v) is 2.97. The number of alkyl halides is 6. The van der Waals surface area contributed by atoms with Crippen molar-refractivity contribution in [3.05, 3.63) is 34.9 Å². The van der Waals surface area contributed by atoms with Crippen LogP contribution in [0.3, 0.4) is 0 Å². The monoisotopic (exact) mass is 329 g/mol. The van der Waals surface area contributed by atoms with E-state index >= 15 is 0 Å². The van der Waals surface area contributed by atoms with Gasteiger partial charge >= 0.3 is 12.4 Å². The average molecular weight is 329 g/mol. The molecule has 1 aromatic rings. The van der Waals surface area contributed by atoms with E-state index in [1.807, 2.05) is 0 Å². The summed E-state index contributed by atoms with van der Waals surface area (Å²) in [5.41, 5.74) is -2.78. The Labute approximate surface area is 122 Å². The van der Waals surface area contributed by atoms with E-state index in [2.05, 4.69) is 5.32 Å². The molecule has 1 fully saturated rings. The van der Waals surface area contributed by atoms with Gasteiger partial charge in [-0.2, -0.15) is 26.3 Å². The lowest BCUT2D eigenvalue weighted by Gasteiger charge is -2.33. The maximum atomic E-state index is 12.7. The lowest BCUT2D eigenvalue weighted by atomic mass is 10.0. The highest BCUT2D eigenvalue weighted by Gasteiger charge is 2.36. The van der Waals surface area contributed by atoms with Gasteiger partial charge in [-0.05, 0) is 30.7 Å². The second-order valence-electron chi connectivity index (χ2n) is 4.81. The summed E-state index contributed by atoms with van der Waals surface area (Å²) >= 11 is 0. The van der Waals surface area contributed by atoms with Crippen LogP contribution in [-0.4, -0.2) is 19.1 Å². The van der Waals surface area contributed by atoms with Crippen LogP contribution in [0.15, 0.2) is 18.2 Å². The van der Waals surface area contributed by atoms with Gasteiger partial charge in [-0.3, -0.25) is 0 Å². The fourth-order valence-electron chi connectivity index (χ4n) is 1.99. The first kappa shape index (κ1) is 17.0. The predicted octanol–water partition coefficient (Wildman–Crippen LogP) is 3.53. The maximum absolute atomic E-state index is 12.7. The molecule has 1 saturated heterocycles. The van der Waals surface area contributed by atoms with Gasteiger partial charge in [0.05, 0.1) is 11.1 Å². The van der Waals surface area contributed by atoms with Crippen LogP contribution >= 0.6 is 0 Å². The van der Waals surface area contributed by atoms with Gasteiger partial charge in [0.1, 0.15) is 0 Å². The lowest BCUT2D eigenvalue weighted by Crippen LogP contribution is -2.45. The van der Waals surface area contributed by atoms with Crippen LogP contribution < -0.4 is 5.32 Å². The molecule has 0 aliphatic carbocycles. The molecule has 0 atom stereocenters. The molecule has 0 amide bonds. The van der Waals surface area contributed by atoms with Gasteiger partial charge in [-0.1, -0.05) is 0 Å². The minimum absolute atomic E-state index is 0.101. The number of hydrogen-bond donors (Lipinski definition) is 1. The highest BCUT2D eigenvalue weighted by Crippen LogP contribution is 2.36. The number of rotatable bonds is 4. The van der Waals surface area contributed by atoms with Crippen molar-refractivity contribution < 1.29 is 35.8 Å². The van der Waals surface area contributed by atoms with Gasteiger partial charge < -0.3 is 14.8 Å². The molecular weight excluding hydrogens is 316 g/mol. The van der Waals surface area contributed by atoms with Crippen molar-refractivity contribution in [3.8, 4) is 0 Å². The first-order valence-electron chi connectivity index (χ1n) is 6.36. The quantitative estimate of drug-likeness (QED) is 0.857. The van der Waals surface area contributed by atoms with E-state index in [1.54, 1.807) is 6.92 Å². The molecule has 124 valence electrons. The Morgan fingerprint density at radius 1 is 0.955 bits per heavy atom. The number of hydrogen-bond acceptors (Lipinski definition) is 3. The highest BCUT2D eigenvalue weighted by molar-refractivity contribution is 5.33. The van der Waals surface area contributed by atoms with E-state index in [4.69, 9.17) is 9.47 Å².